The van der Waals surface area contributed by atoms with Gasteiger partial charge in [0.25, 0.3) is 0 Å². The number of aryl methyl sites for hydroxylation is 2. The van der Waals surface area contributed by atoms with Gasteiger partial charge in [0.2, 0.25) is 0 Å². The maximum absolute atomic E-state index is 14.3. The molecule has 0 bridgehead atoms. The summed E-state index contributed by atoms with van der Waals surface area (Å²) in [5.41, 5.74) is 4.66. The maximum atomic E-state index is 14.3. The predicted molar refractivity (Wildman–Crippen MR) is 106 cm³/mol. The summed E-state index contributed by atoms with van der Waals surface area (Å²) < 4.78 is 14.3. The van der Waals surface area contributed by atoms with Crippen molar-refractivity contribution in [1.29, 1.82) is 0 Å². The highest BCUT2D eigenvalue weighted by Gasteiger charge is 2.53. The second kappa shape index (κ2) is 6.89. The number of benzene rings is 3. The molecule has 0 amide bonds. The molecule has 0 nitrogen and oxygen atoms in total. The Morgan fingerprint density at radius 3 is 2.23 bits per heavy atom. The standard InChI is InChI=1S/C24H22ClF/c1-24(21-14-13-20(25)15-23(21)26)16-22(24)19-11-9-18(10-12-19)8-7-17-5-3-2-4-6-17/h2-6,9-15,22H,7-8,16H2,1H3/t22?,24-/m1/s1. The van der Waals surface area contributed by atoms with E-state index < -0.39 is 0 Å². The summed E-state index contributed by atoms with van der Waals surface area (Å²) in [5.74, 6) is 0.184. The summed E-state index contributed by atoms with van der Waals surface area (Å²) in [6.45, 7) is 2.15. The zero-order valence-corrected chi connectivity index (χ0v) is 15.6. The lowest BCUT2D eigenvalue weighted by atomic mass is 9.92. The fourth-order valence-corrected chi connectivity index (χ4v) is 4.11. The highest BCUT2D eigenvalue weighted by Crippen LogP contribution is 2.60. The Morgan fingerprint density at radius 2 is 1.58 bits per heavy atom. The average molecular weight is 365 g/mol. The maximum Gasteiger partial charge on any atom is 0.128 e. The summed E-state index contributed by atoms with van der Waals surface area (Å²) in [6.07, 6.45) is 3.07. The van der Waals surface area contributed by atoms with Crippen molar-refractivity contribution in [2.24, 2.45) is 0 Å². The van der Waals surface area contributed by atoms with E-state index in [1.807, 2.05) is 6.07 Å². The first kappa shape index (κ1) is 17.3. The molecule has 0 aliphatic heterocycles. The van der Waals surface area contributed by atoms with Gasteiger partial charge in [0.1, 0.15) is 5.82 Å². The summed E-state index contributed by atoms with van der Waals surface area (Å²) in [6, 6.07) is 24.5. The normalized spacial score (nSPS) is 21.6. The van der Waals surface area contributed by atoms with Crippen LogP contribution in [0.4, 0.5) is 4.39 Å². The quantitative estimate of drug-likeness (QED) is 0.472. The van der Waals surface area contributed by atoms with E-state index in [1.165, 1.54) is 22.8 Å². The molecule has 3 aromatic carbocycles. The second-order valence-corrected chi connectivity index (χ2v) is 7.96. The molecule has 132 valence electrons. The first-order valence-corrected chi connectivity index (χ1v) is 9.52. The molecule has 0 N–H and O–H groups in total. The van der Waals surface area contributed by atoms with Crippen molar-refractivity contribution in [3.05, 3.63) is 106 Å². The van der Waals surface area contributed by atoms with E-state index in [2.05, 4.69) is 61.5 Å². The minimum Gasteiger partial charge on any atom is -0.207 e. The zero-order chi connectivity index (χ0) is 18.1. The van der Waals surface area contributed by atoms with Crippen molar-refractivity contribution in [3.63, 3.8) is 0 Å². The van der Waals surface area contributed by atoms with E-state index >= 15 is 0 Å². The van der Waals surface area contributed by atoms with Gasteiger partial charge in [-0.25, -0.2) is 4.39 Å². The smallest absolute Gasteiger partial charge is 0.128 e. The van der Waals surface area contributed by atoms with E-state index in [0.29, 0.717) is 10.9 Å². The second-order valence-electron chi connectivity index (χ2n) is 7.53. The third kappa shape index (κ3) is 3.41. The fourth-order valence-electron chi connectivity index (χ4n) is 3.95. The van der Waals surface area contributed by atoms with Gasteiger partial charge in [-0.2, -0.15) is 0 Å². The van der Waals surface area contributed by atoms with Crippen LogP contribution in [-0.4, -0.2) is 0 Å². The number of halogens is 2. The monoisotopic (exact) mass is 364 g/mol. The topological polar surface area (TPSA) is 0 Å². The van der Waals surface area contributed by atoms with Gasteiger partial charge in [-0.1, -0.05) is 79.2 Å². The predicted octanol–water partition coefficient (Wildman–Crippen LogP) is 6.71. The van der Waals surface area contributed by atoms with Crippen LogP contribution in [0.25, 0.3) is 0 Å². The average Bonchev–Trinajstić information content (AvgIpc) is 3.33. The summed E-state index contributed by atoms with van der Waals surface area (Å²) in [5, 5.41) is 0.454. The van der Waals surface area contributed by atoms with Crippen LogP contribution in [0, 0.1) is 5.82 Å². The van der Waals surface area contributed by atoms with Crippen molar-refractivity contribution in [2.75, 3.05) is 0 Å². The summed E-state index contributed by atoms with van der Waals surface area (Å²) >= 11 is 5.89. The van der Waals surface area contributed by atoms with Gasteiger partial charge in [-0.3, -0.25) is 0 Å². The largest absolute Gasteiger partial charge is 0.207 e. The van der Waals surface area contributed by atoms with Crippen molar-refractivity contribution >= 4 is 11.6 Å². The molecule has 4 rings (SSSR count). The van der Waals surface area contributed by atoms with Crippen molar-refractivity contribution in [3.8, 4) is 0 Å². The van der Waals surface area contributed by atoms with Crippen molar-refractivity contribution in [1.82, 2.24) is 0 Å². The third-order valence-electron chi connectivity index (χ3n) is 5.71. The summed E-state index contributed by atoms with van der Waals surface area (Å²) in [7, 11) is 0. The lowest BCUT2D eigenvalue weighted by Gasteiger charge is -2.14. The molecule has 2 atom stereocenters. The molecule has 1 aliphatic rings. The SMILES string of the molecule is C[C@]1(c2ccc(Cl)cc2F)CC1c1ccc(CCc2ccccc2)cc1. The highest BCUT2D eigenvalue weighted by atomic mass is 35.5. The Labute approximate surface area is 159 Å². The molecular weight excluding hydrogens is 343 g/mol. The molecule has 3 aromatic rings. The molecule has 1 unspecified atom stereocenters. The van der Waals surface area contributed by atoms with Crippen LogP contribution in [-0.2, 0) is 18.3 Å². The fraction of sp³-hybridized carbons (Fsp3) is 0.250. The first-order chi connectivity index (χ1) is 12.6. The van der Waals surface area contributed by atoms with Gasteiger partial charge < -0.3 is 0 Å². The van der Waals surface area contributed by atoms with Gasteiger partial charge in [-0.15, -0.1) is 0 Å². The lowest BCUT2D eigenvalue weighted by Crippen LogP contribution is -2.07. The molecule has 0 heterocycles. The van der Waals surface area contributed by atoms with Gasteiger partial charge >= 0.3 is 0 Å². The number of hydrogen-bond donors (Lipinski definition) is 0. The Kier molecular flexibility index (Phi) is 4.58. The van der Waals surface area contributed by atoms with Gasteiger partial charge in [0.05, 0.1) is 0 Å². The molecule has 0 radical (unpaired) electrons. The summed E-state index contributed by atoms with van der Waals surface area (Å²) in [4.78, 5) is 0. The highest BCUT2D eigenvalue weighted by molar-refractivity contribution is 6.30. The Hall–Kier alpha value is -2.12. The van der Waals surface area contributed by atoms with Crippen LogP contribution < -0.4 is 0 Å². The molecule has 26 heavy (non-hydrogen) atoms. The van der Waals surface area contributed by atoms with Crippen LogP contribution in [0.1, 0.15) is 41.5 Å². The molecule has 0 saturated heterocycles. The molecule has 1 fully saturated rings. The molecule has 0 spiro atoms. The molecular formula is C24H22ClF. The van der Waals surface area contributed by atoms with Gasteiger partial charge in [0, 0.05) is 10.4 Å². The van der Waals surface area contributed by atoms with E-state index in [-0.39, 0.29) is 11.2 Å². The third-order valence-corrected chi connectivity index (χ3v) is 5.95. The van der Waals surface area contributed by atoms with Crippen LogP contribution >= 0.6 is 11.6 Å². The van der Waals surface area contributed by atoms with Crippen LogP contribution in [0.2, 0.25) is 5.02 Å². The Balaban J connectivity index is 1.45. The minimum atomic E-state index is -0.193. The minimum absolute atomic E-state index is 0.125. The Morgan fingerprint density at radius 1 is 0.923 bits per heavy atom. The molecule has 2 heteroatoms. The zero-order valence-electron chi connectivity index (χ0n) is 14.9. The molecule has 1 saturated carbocycles. The van der Waals surface area contributed by atoms with Crippen LogP contribution in [0.3, 0.4) is 0 Å². The van der Waals surface area contributed by atoms with Crippen molar-refractivity contribution in [2.45, 2.75) is 37.5 Å². The van der Waals surface area contributed by atoms with Crippen LogP contribution in [0.15, 0.2) is 72.8 Å². The number of hydrogen-bond acceptors (Lipinski definition) is 0. The molecule has 0 aromatic heterocycles. The van der Waals surface area contributed by atoms with E-state index in [1.54, 1.807) is 6.07 Å². The molecule has 1 aliphatic carbocycles. The van der Waals surface area contributed by atoms with Crippen molar-refractivity contribution < 1.29 is 4.39 Å². The first-order valence-electron chi connectivity index (χ1n) is 9.14. The van der Waals surface area contributed by atoms with E-state index in [0.717, 1.165) is 24.8 Å². The Bertz CT molecular complexity index is 901. The van der Waals surface area contributed by atoms with E-state index in [9.17, 15) is 4.39 Å². The van der Waals surface area contributed by atoms with E-state index in [4.69, 9.17) is 11.6 Å². The van der Waals surface area contributed by atoms with Gasteiger partial charge in [0.15, 0.2) is 0 Å². The number of rotatable bonds is 5. The van der Waals surface area contributed by atoms with Crippen LogP contribution in [0.5, 0.6) is 0 Å². The van der Waals surface area contributed by atoms with Gasteiger partial charge in [-0.05, 0) is 59.6 Å². The lowest BCUT2D eigenvalue weighted by molar-refractivity contribution is 0.581.